The van der Waals surface area contributed by atoms with Gasteiger partial charge >= 0.3 is 0 Å². The quantitative estimate of drug-likeness (QED) is 0.770. The van der Waals surface area contributed by atoms with Crippen molar-refractivity contribution in [3.05, 3.63) is 72.1 Å². The Morgan fingerprint density at radius 3 is 2.77 bits per heavy atom. The molecule has 2 heterocycles. The second-order valence-corrected chi connectivity index (χ2v) is 6.49. The molecule has 0 radical (unpaired) electrons. The summed E-state index contributed by atoms with van der Waals surface area (Å²) in [6.45, 7) is 3.56. The summed E-state index contributed by atoms with van der Waals surface area (Å²) >= 11 is 0. The van der Waals surface area contributed by atoms with Crippen molar-refractivity contribution in [1.29, 1.82) is 0 Å². The maximum Gasteiger partial charge on any atom is 0.273 e. The average Bonchev–Trinajstić information content (AvgIpc) is 3.28. The number of benzene rings is 2. The summed E-state index contributed by atoms with van der Waals surface area (Å²) in [7, 11) is 0. The topological polar surface area (TPSA) is 63.1 Å². The molecular formula is C20H21N5O. The van der Waals surface area contributed by atoms with Crippen LogP contribution in [0.15, 0.2) is 60.8 Å². The number of aromatic nitrogens is 3. The van der Waals surface area contributed by atoms with Gasteiger partial charge in [-0.1, -0.05) is 36.4 Å². The van der Waals surface area contributed by atoms with Crippen LogP contribution >= 0.6 is 0 Å². The third-order valence-corrected chi connectivity index (χ3v) is 4.70. The first-order valence-electron chi connectivity index (χ1n) is 8.83. The third kappa shape index (κ3) is 3.18. The molecule has 1 aromatic heterocycles. The molecule has 0 saturated carbocycles. The molecule has 6 nitrogen and oxygen atoms in total. The van der Waals surface area contributed by atoms with Gasteiger partial charge in [-0.05, 0) is 37.1 Å². The Morgan fingerprint density at radius 2 is 1.92 bits per heavy atom. The summed E-state index contributed by atoms with van der Waals surface area (Å²) in [5, 5.41) is 11.4. The molecule has 4 rings (SSSR count). The number of rotatable bonds is 5. The molecule has 0 aliphatic carbocycles. The minimum Gasteiger partial charge on any atom is -0.367 e. The van der Waals surface area contributed by atoms with Crippen LogP contribution in [0.1, 0.15) is 23.0 Å². The first-order valence-corrected chi connectivity index (χ1v) is 8.83. The van der Waals surface area contributed by atoms with E-state index in [9.17, 15) is 4.79 Å². The lowest BCUT2D eigenvalue weighted by molar-refractivity contribution is 0.0949. The van der Waals surface area contributed by atoms with Crippen LogP contribution in [0.25, 0.3) is 5.69 Å². The summed E-state index contributed by atoms with van der Waals surface area (Å²) in [6, 6.07) is 18.4. The molecule has 132 valence electrons. The van der Waals surface area contributed by atoms with E-state index in [-0.39, 0.29) is 5.91 Å². The fourth-order valence-corrected chi connectivity index (χ4v) is 3.40. The lowest BCUT2D eigenvalue weighted by atomic mass is 10.1. The third-order valence-electron chi connectivity index (χ3n) is 4.70. The van der Waals surface area contributed by atoms with Gasteiger partial charge in [0.2, 0.25) is 0 Å². The van der Waals surface area contributed by atoms with E-state index in [1.807, 2.05) is 30.3 Å². The van der Waals surface area contributed by atoms with Gasteiger partial charge in [0, 0.05) is 24.8 Å². The molecule has 0 unspecified atom stereocenters. The van der Waals surface area contributed by atoms with Gasteiger partial charge in [-0.3, -0.25) is 4.79 Å². The largest absolute Gasteiger partial charge is 0.367 e. The second-order valence-electron chi connectivity index (χ2n) is 6.49. The standard InChI is InChI=1S/C20H21N5O/c1-15-13-16-7-5-6-10-19(16)24(15)12-11-21-20(26)18-14-22-25(23-18)17-8-3-2-4-9-17/h2-10,14-15H,11-13H2,1H3,(H,21,26)/t15-/m1/s1. The summed E-state index contributed by atoms with van der Waals surface area (Å²) in [5.74, 6) is -0.202. The molecule has 3 aromatic rings. The molecule has 6 heteroatoms. The maximum atomic E-state index is 12.3. The van der Waals surface area contributed by atoms with E-state index in [0.29, 0.717) is 18.3 Å². The number of nitrogens with one attached hydrogen (secondary N) is 1. The van der Waals surface area contributed by atoms with Gasteiger partial charge in [0.15, 0.2) is 5.69 Å². The Labute approximate surface area is 152 Å². The van der Waals surface area contributed by atoms with E-state index in [1.165, 1.54) is 22.2 Å². The number of amides is 1. The van der Waals surface area contributed by atoms with Crippen LogP contribution in [0.2, 0.25) is 0 Å². The van der Waals surface area contributed by atoms with E-state index >= 15 is 0 Å². The van der Waals surface area contributed by atoms with Crippen molar-refractivity contribution in [3.63, 3.8) is 0 Å². The summed E-state index contributed by atoms with van der Waals surface area (Å²) < 4.78 is 0. The van der Waals surface area contributed by atoms with Crippen molar-refractivity contribution in [2.75, 3.05) is 18.0 Å². The average molecular weight is 347 g/mol. The van der Waals surface area contributed by atoms with Crippen LogP contribution in [-0.2, 0) is 6.42 Å². The van der Waals surface area contributed by atoms with Gasteiger partial charge < -0.3 is 10.2 Å². The number of hydrogen-bond donors (Lipinski definition) is 1. The fraction of sp³-hybridized carbons (Fsp3) is 0.250. The van der Waals surface area contributed by atoms with Crippen LogP contribution < -0.4 is 10.2 Å². The van der Waals surface area contributed by atoms with Gasteiger partial charge in [-0.2, -0.15) is 9.90 Å². The van der Waals surface area contributed by atoms with Crippen molar-refractivity contribution in [2.45, 2.75) is 19.4 Å². The number of nitrogens with zero attached hydrogens (tertiary/aromatic N) is 4. The van der Waals surface area contributed by atoms with Crippen molar-refractivity contribution >= 4 is 11.6 Å². The molecule has 1 N–H and O–H groups in total. The lowest BCUT2D eigenvalue weighted by Gasteiger charge is -2.24. The molecule has 1 atom stereocenters. The van der Waals surface area contributed by atoms with E-state index < -0.39 is 0 Å². The molecule has 0 fully saturated rings. The molecule has 0 spiro atoms. The zero-order valence-electron chi connectivity index (χ0n) is 14.7. The smallest absolute Gasteiger partial charge is 0.273 e. The predicted molar refractivity (Wildman–Crippen MR) is 101 cm³/mol. The molecular weight excluding hydrogens is 326 g/mol. The van der Waals surface area contributed by atoms with Crippen molar-refractivity contribution in [3.8, 4) is 5.69 Å². The van der Waals surface area contributed by atoms with E-state index in [4.69, 9.17) is 0 Å². The van der Waals surface area contributed by atoms with Crippen LogP contribution in [0.5, 0.6) is 0 Å². The van der Waals surface area contributed by atoms with Crippen molar-refractivity contribution < 1.29 is 4.79 Å². The van der Waals surface area contributed by atoms with E-state index in [2.05, 4.69) is 51.6 Å². The van der Waals surface area contributed by atoms with Crippen molar-refractivity contribution in [1.82, 2.24) is 20.3 Å². The number of anilines is 1. The minimum atomic E-state index is -0.202. The maximum absolute atomic E-state index is 12.3. The van der Waals surface area contributed by atoms with E-state index in [0.717, 1.165) is 18.7 Å². The van der Waals surface area contributed by atoms with Gasteiger partial charge in [0.05, 0.1) is 11.9 Å². The van der Waals surface area contributed by atoms with Crippen LogP contribution in [0, 0.1) is 0 Å². The first kappa shape index (κ1) is 16.3. The second kappa shape index (κ2) is 7.00. The zero-order chi connectivity index (χ0) is 17.9. The highest BCUT2D eigenvalue weighted by Gasteiger charge is 2.25. The predicted octanol–water partition coefficient (Wildman–Crippen LogP) is 2.45. The Morgan fingerprint density at radius 1 is 1.15 bits per heavy atom. The van der Waals surface area contributed by atoms with Crippen LogP contribution in [0.3, 0.4) is 0 Å². The molecule has 2 aromatic carbocycles. The van der Waals surface area contributed by atoms with Gasteiger partial charge in [0.1, 0.15) is 0 Å². The number of carbonyl (C=O) groups excluding carboxylic acids is 1. The number of carbonyl (C=O) groups is 1. The van der Waals surface area contributed by atoms with Crippen LogP contribution in [-0.4, -0.2) is 40.0 Å². The number of para-hydroxylation sites is 2. The molecule has 1 amide bonds. The molecule has 0 bridgehead atoms. The Kier molecular flexibility index (Phi) is 4.39. The van der Waals surface area contributed by atoms with Crippen LogP contribution in [0.4, 0.5) is 5.69 Å². The molecule has 0 saturated heterocycles. The van der Waals surface area contributed by atoms with Gasteiger partial charge in [0.25, 0.3) is 5.91 Å². The highest BCUT2D eigenvalue weighted by atomic mass is 16.2. The highest BCUT2D eigenvalue weighted by Crippen LogP contribution is 2.31. The van der Waals surface area contributed by atoms with Crippen molar-refractivity contribution in [2.24, 2.45) is 0 Å². The minimum absolute atomic E-state index is 0.202. The Bertz CT molecular complexity index is 905. The first-order chi connectivity index (χ1) is 12.7. The Hall–Kier alpha value is -3.15. The summed E-state index contributed by atoms with van der Waals surface area (Å²) in [5.41, 5.74) is 3.79. The molecule has 1 aliphatic heterocycles. The fourth-order valence-electron chi connectivity index (χ4n) is 3.40. The highest BCUT2D eigenvalue weighted by molar-refractivity contribution is 5.91. The number of hydrogen-bond acceptors (Lipinski definition) is 4. The van der Waals surface area contributed by atoms with E-state index in [1.54, 1.807) is 0 Å². The monoisotopic (exact) mass is 347 g/mol. The zero-order valence-corrected chi connectivity index (χ0v) is 14.7. The molecule has 26 heavy (non-hydrogen) atoms. The SMILES string of the molecule is C[C@@H]1Cc2ccccc2N1CCNC(=O)c1cnn(-c2ccccc2)n1. The normalized spacial score (nSPS) is 15.7. The summed E-state index contributed by atoms with van der Waals surface area (Å²) in [4.78, 5) is 16.2. The van der Waals surface area contributed by atoms with Gasteiger partial charge in [-0.25, -0.2) is 0 Å². The lowest BCUT2D eigenvalue weighted by Crippen LogP contribution is -2.38. The summed E-state index contributed by atoms with van der Waals surface area (Å²) in [6.07, 6.45) is 2.55. The molecule has 1 aliphatic rings. The Balaban J connectivity index is 1.36. The van der Waals surface area contributed by atoms with Gasteiger partial charge in [-0.15, -0.1) is 5.10 Å². The number of fused-ring (bicyclic) bond motifs is 1.